The smallest absolute Gasteiger partial charge is 0.365 e. The molecule has 1 heterocycles. The van der Waals surface area contributed by atoms with Gasteiger partial charge in [0.2, 0.25) is 5.69 Å². The highest BCUT2D eigenvalue weighted by atomic mass is 16.6. The van der Waals surface area contributed by atoms with Crippen LogP contribution in [0.3, 0.4) is 0 Å². The average Bonchev–Trinajstić information content (AvgIpc) is 2.71. The Labute approximate surface area is 92.2 Å². The number of nitrogens with zero attached hydrogens (tertiary/aromatic N) is 3. The third-order valence-corrected chi connectivity index (χ3v) is 2.33. The summed E-state index contributed by atoms with van der Waals surface area (Å²) in [6.07, 6.45) is 2.01. The normalized spacial score (nSPS) is 12.2. The lowest BCUT2D eigenvalue weighted by atomic mass is 10.3. The first kappa shape index (κ1) is 12.2. The fraction of sp³-hybridized carbons (Fsp3) is 0.556. The van der Waals surface area contributed by atoms with E-state index in [1.165, 1.54) is 10.9 Å². The van der Waals surface area contributed by atoms with Gasteiger partial charge in [-0.3, -0.25) is 14.8 Å². The summed E-state index contributed by atoms with van der Waals surface area (Å²) in [5.41, 5.74) is -0.583. The van der Waals surface area contributed by atoms with Crippen molar-refractivity contribution in [1.29, 1.82) is 0 Å². The lowest BCUT2D eigenvalue weighted by molar-refractivity contribution is -0.385. The van der Waals surface area contributed by atoms with Crippen LogP contribution in [0.25, 0.3) is 0 Å². The number of esters is 1. The Morgan fingerprint density at radius 2 is 2.38 bits per heavy atom. The minimum absolute atomic E-state index is 0.00268. The van der Waals surface area contributed by atoms with Crippen LogP contribution < -0.4 is 0 Å². The molecule has 88 valence electrons. The van der Waals surface area contributed by atoms with Gasteiger partial charge in [-0.15, -0.1) is 0 Å². The number of nitro groups is 1. The lowest BCUT2D eigenvalue weighted by Crippen LogP contribution is -2.08. The van der Waals surface area contributed by atoms with Crippen molar-refractivity contribution in [3.05, 3.63) is 22.0 Å². The Bertz CT molecular complexity index is 413. The second kappa shape index (κ2) is 4.73. The van der Waals surface area contributed by atoms with Crippen molar-refractivity contribution in [1.82, 2.24) is 9.78 Å². The molecule has 0 bridgehead atoms. The second-order valence-corrected chi connectivity index (χ2v) is 3.35. The fourth-order valence-electron chi connectivity index (χ4n) is 1.17. The maximum Gasteiger partial charge on any atom is 0.365 e. The van der Waals surface area contributed by atoms with Gasteiger partial charge in [0.1, 0.15) is 6.20 Å². The highest BCUT2D eigenvalue weighted by Gasteiger charge is 2.27. The molecule has 1 atom stereocenters. The molecule has 0 radical (unpaired) electrons. The first-order valence-electron chi connectivity index (χ1n) is 4.83. The van der Waals surface area contributed by atoms with Gasteiger partial charge in [0, 0.05) is 6.04 Å². The molecule has 0 aliphatic rings. The third kappa shape index (κ3) is 2.18. The van der Waals surface area contributed by atoms with Crippen LogP contribution in [0.1, 0.15) is 36.8 Å². The molecular formula is C9H13N3O4. The van der Waals surface area contributed by atoms with E-state index in [2.05, 4.69) is 9.84 Å². The van der Waals surface area contributed by atoms with Crippen LogP contribution in [0.15, 0.2) is 6.20 Å². The molecule has 0 aliphatic heterocycles. The van der Waals surface area contributed by atoms with E-state index < -0.39 is 10.9 Å². The summed E-state index contributed by atoms with van der Waals surface area (Å²) in [5.74, 6) is -0.797. The summed E-state index contributed by atoms with van der Waals surface area (Å²) in [6.45, 7) is 3.79. The van der Waals surface area contributed by atoms with Gasteiger partial charge in [0.15, 0.2) is 0 Å². The fourth-order valence-corrected chi connectivity index (χ4v) is 1.17. The number of hydrogen-bond acceptors (Lipinski definition) is 5. The quantitative estimate of drug-likeness (QED) is 0.442. The van der Waals surface area contributed by atoms with Gasteiger partial charge >= 0.3 is 11.7 Å². The zero-order valence-electron chi connectivity index (χ0n) is 9.34. The van der Waals surface area contributed by atoms with Gasteiger partial charge in [0.25, 0.3) is 0 Å². The molecule has 0 aromatic carbocycles. The SMILES string of the molecule is CCC(C)n1cc([N+](=O)[O-])c(C(=O)OC)n1. The van der Waals surface area contributed by atoms with Gasteiger partial charge < -0.3 is 4.74 Å². The van der Waals surface area contributed by atoms with Gasteiger partial charge in [-0.05, 0) is 13.3 Å². The monoisotopic (exact) mass is 227 g/mol. The van der Waals surface area contributed by atoms with E-state index in [1.807, 2.05) is 13.8 Å². The van der Waals surface area contributed by atoms with Crippen molar-refractivity contribution in [2.24, 2.45) is 0 Å². The van der Waals surface area contributed by atoms with Crippen LogP contribution in [0.4, 0.5) is 5.69 Å². The van der Waals surface area contributed by atoms with Crippen LogP contribution in [-0.2, 0) is 4.74 Å². The van der Waals surface area contributed by atoms with Crippen molar-refractivity contribution in [2.75, 3.05) is 7.11 Å². The minimum atomic E-state index is -0.797. The van der Waals surface area contributed by atoms with Gasteiger partial charge in [-0.1, -0.05) is 6.92 Å². The predicted octanol–water partition coefficient (Wildman–Crippen LogP) is 1.55. The number of methoxy groups -OCH3 is 1. The molecular weight excluding hydrogens is 214 g/mol. The van der Waals surface area contributed by atoms with E-state index in [-0.39, 0.29) is 17.4 Å². The van der Waals surface area contributed by atoms with E-state index in [9.17, 15) is 14.9 Å². The van der Waals surface area contributed by atoms with Crippen molar-refractivity contribution in [2.45, 2.75) is 26.3 Å². The summed E-state index contributed by atoms with van der Waals surface area (Å²) in [7, 11) is 1.16. The molecule has 1 aromatic heterocycles. The largest absolute Gasteiger partial charge is 0.464 e. The van der Waals surface area contributed by atoms with E-state index in [1.54, 1.807) is 0 Å². The maximum atomic E-state index is 11.3. The molecule has 0 amide bonds. The molecule has 7 heteroatoms. The Kier molecular flexibility index (Phi) is 3.60. The summed E-state index contributed by atoms with van der Waals surface area (Å²) in [4.78, 5) is 21.3. The molecule has 1 aromatic rings. The number of carbonyl (C=O) groups is 1. The van der Waals surface area contributed by atoms with Gasteiger partial charge in [0.05, 0.1) is 12.0 Å². The zero-order valence-corrected chi connectivity index (χ0v) is 9.34. The van der Waals surface area contributed by atoms with Crippen LogP contribution in [0.2, 0.25) is 0 Å². The van der Waals surface area contributed by atoms with Crippen molar-refractivity contribution in [3.8, 4) is 0 Å². The molecule has 0 aliphatic carbocycles. The summed E-state index contributed by atoms with van der Waals surface area (Å²) >= 11 is 0. The topological polar surface area (TPSA) is 87.3 Å². The molecule has 0 N–H and O–H groups in total. The Morgan fingerprint density at radius 1 is 1.75 bits per heavy atom. The Balaban J connectivity index is 3.20. The first-order chi connectivity index (χ1) is 7.51. The van der Waals surface area contributed by atoms with Crippen LogP contribution in [0, 0.1) is 10.1 Å². The zero-order chi connectivity index (χ0) is 12.3. The summed E-state index contributed by atoms with van der Waals surface area (Å²) in [6, 6.07) is -0.00268. The van der Waals surface area contributed by atoms with Gasteiger partial charge in [-0.2, -0.15) is 5.10 Å². The number of ether oxygens (including phenoxy) is 1. The van der Waals surface area contributed by atoms with Gasteiger partial charge in [-0.25, -0.2) is 4.79 Å². The molecule has 0 fully saturated rings. The molecule has 1 rings (SSSR count). The summed E-state index contributed by atoms with van der Waals surface area (Å²) < 4.78 is 5.84. The lowest BCUT2D eigenvalue weighted by Gasteiger charge is -2.06. The number of aromatic nitrogens is 2. The van der Waals surface area contributed by atoms with Crippen LogP contribution in [0.5, 0.6) is 0 Å². The van der Waals surface area contributed by atoms with E-state index in [0.717, 1.165) is 13.5 Å². The molecule has 0 saturated carbocycles. The van der Waals surface area contributed by atoms with Crippen molar-refractivity contribution in [3.63, 3.8) is 0 Å². The molecule has 1 unspecified atom stereocenters. The Hall–Kier alpha value is -1.92. The molecule has 16 heavy (non-hydrogen) atoms. The van der Waals surface area contributed by atoms with Crippen LogP contribution >= 0.6 is 0 Å². The number of hydrogen-bond donors (Lipinski definition) is 0. The van der Waals surface area contributed by atoms with E-state index >= 15 is 0 Å². The third-order valence-electron chi connectivity index (χ3n) is 2.33. The number of carbonyl (C=O) groups excluding carboxylic acids is 1. The summed E-state index contributed by atoms with van der Waals surface area (Å²) in [5, 5.41) is 14.6. The Morgan fingerprint density at radius 3 is 2.81 bits per heavy atom. The maximum absolute atomic E-state index is 11.3. The van der Waals surface area contributed by atoms with Crippen molar-refractivity contribution >= 4 is 11.7 Å². The predicted molar refractivity (Wildman–Crippen MR) is 55.2 cm³/mol. The second-order valence-electron chi connectivity index (χ2n) is 3.35. The van der Waals surface area contributed by atoms with Crippen LogP contribution in [-0.4, -0.2) is 27.8 Å². The standard InChI is InChI=1S/C9H13N3O4/c1-4-6(2)11-5-7(12(14)15)8(10-11)9(13)16-3/h5-6H,4H2,1-3H3. The highest BCUT2D eigenvalue weighted by Crippen LogP contribution is 2.21. The molecule has 0 spiro atoms. The minimum Gasteiger partial charge on any atom is -0.464 e. The number of rotatable bonds is 4. The van der Waals surface area contributed by atoms with E-state index in [4.69, 9.17) is 0 Å². The molecule has 0 saturated heterocycles. The first-order valence-corrected chi connectivity index (χ1v) is 4.83. The average molecular weight is 227 g/mol. The molecule has 7 nitrogen and oxygen atoms in total. The highest BCUT2D eigenvalue weighted by molar-refractivity contribution is 5.91. The van der Waals surface area contributed by atoms with Crippen molar-refractivity contribution < 1.29 is 14.5 Å². The van der Waals surface area contributed by atoms with E-state index in [0.29, 0.717) is 0 Å².